The fourth-order valence-corrected chi connectivity index (χ4v) is 4.36. The molecule has 0 aliphatic carbocycles. The van der Waals surface area contributed by atoms with Crippen LogP contribution in [0.3, 0.4) is 0 Å². The summed E-state index contributed by atoms with van der Waals surface area (Å²) >= 11 is 1.54. The third-order valence-corrected chi connectivity index (χ3v) is 5.68. The number of carbonyl (C=O) groups is 1. The zero-order valence-electron chi connectivity index (χ0n) is 16.3. The fourth-order valence-electron chi connectivity index (χ4n) is 3.15. The Morgan fingerprint density at radius 2 is 1.96 bits per heavy atom. The molecule has 1 aliphatic rings. The first-order valence-corrected chi connectivity index (χ1v) is 10.4. The van der Waals surface area contributed by atoms with E-state index in [-0.39, 0.29) is 5.60 Å². The predicted octanol–water partition coefficient (Wildman–Crippen LogP) is 3.88. The third kappa shape index (κ3) is 5.81. The molecule has 1 atom stereocenters. The van der Waals surface area contributed by atoms with E-state index >= 15 is 0 Å². The Bertz CT molecular complexity index is 599. The van der Waals surface area contributed by atoms with E-state index in [1.165, 1.54) is 11.9 Å². The standard InChI is InChI=1S/C20H32N2O3S/c1-5-7-12-22(13-8-6-2)26-18(21-19(23)24)16-11-9-10-15-14-20(3,4)25-17(15)16/h9-11,18,21H,5-8,12-14H2,1-4H3,(H,23,24)/p-1. The zero-order chi connectivity index (χ0) is 19.2. The average Bonchev–Trinajstić information content (AvgIpc) is 2.89. The van der Waals surface area contributed by atoms with Crippen LogP contribution in [0.2, 0.25) is 0 Å². The second-order valence-corrected chi connectivity index (χ2v) is 8.63. The second-order valence-electron chi connectivity index (χ2n) is 7.43. The highest BCUT2D eigenvalue weighted by molar-refractivity contribution is 7.97. The first-order valence-electron chi connectivity index (χ1n) is 9.56. The molecule has 0 saturated heterocycles. The number of hydrogen-bond acceptors (Lipinski definition) is 5. The van der Waals surface area contributed by atoms with Crippen molar-refractivity contribution in [1.29, 1.82) is 0 Å². The summed E-state index contributed by atoms with van der Waals surface area (Å²) in [6, 6.07) is 5.98. The maximum absolute atomic E-state index is 11.3. The number of ether oxygens (including phenoxy) is 1. The molecule has 1 N–H and O–H groups in total. The van der Waals surface area contributed by atoms with E-state index in [0.29, 0.717) is 0 Å². The Morgan fingerprint density at radius 3 is 2.54 bits per heavy atom. The van der Waals surface area contributed by atoms with Crippen molar-refractivity contribution in [1.82, 2.24) is 9.62 Å². The van der Waals surface area contributed by atoms with Crippen molar-refractivity contribution >= 4 is 18.0 Å². The van der Waals surface area contributed by atoms with E-state index in [0.717, 1.165) is 62.1 Å². The summed E-state index contributed by atoms with van der Waals surface area (Å²) < 4.78 is 8.42. The first-order chi connectivity index (χ1) is 12.4. The summed E-state index contributed by atoms with van der Waals surface area (Å²) in [7, 11) is 0. The molecule has 146 valence electrons. The summed E-state index contributed by atoms with van der Waals surface area (Å²) in [5, 5.41) is 13.5. The molecule has 1 aromatic carbocycles. The lowest BCUT2D eigenvalue weighted by molar-refractivity contribution is -0.251. The van der Waals surface area contributed by atoms with Crippen LogP contribution < -0.4 is 15.2 Å². The van der Waals surface area contributed by atoms with Crippen LogP contribution in [0.4, 0.5) is 4.79 Å². The van der Waals surface area contributed by atoms with Crippen molar-refractivity contribution in [2.24, 2.45) is 0 Å². The molecule has 26 heavy (non-hydrogen) atoms. The van der Waals surface area contributed by atoms with E-state index in [2.05, 4.69) is 43.4 Å². The Hall–Kier alpha value is -1.40. The lowest BCUT2D eigenvalue weighted by Gasteiger charge is -2.29. The molecular weight excluding hydrogens is 348 g/mol. The quantitative estimate of drug-likeness (QED) is 0.494. The van der Waals surface area contributed by atoms with Crippen LogP contribution in [0.5, 0.6) is 5.75 Å². The minimum absolute atomic E-state index is 0.265. The van der Waals surface area contributed by atoms with Crippen LogP contribution in [0.25, 0.3) is 0 Å². The molecule has 1 heterocycles. The minimum atomic E-state index is -1.26. The zero-order valence-corrected chi connectivity index (χ0v) is 17.2. The van der Waals surface area contributed by atoms with Crippen molar-refractivity contribution < 1.29 is 14.6 Å². The van der Waals surface area contributed by atoms with Gasteiger partial charge in [0.2, 0.25) is 0 Å². The predicted molar refractivity (Wildman–Crippen MR) is 105 cm³/mol. The van der Waals surface area contributed by atoms with Gasteiger partial charge < -0.3 is 20.0 Å². The molecule has 5 nitrogen and oxygen atoms in total. The van der Waals surface area contributed by atoms with Gasteiger partial charge >= 0.3 is 0 Å². The molecule has 1 unspecified atom stereocenters. The Labute approximate surface area is 161 Å². The third-order valence-electron chi connectivity index (χ3n) is 4.43. The number of fused-ring (bicyclic) bond motifs is 1. The molecule has 0 fully saturated rings. The van der Waals surface area contributed by atoms with Gasteiger partial charge in [-0.2, -0.15) is 0 Å². The van der Waals surface area contributed by atoms with Gasteiger partial charge in [0.15, 0.2) is 0 Å². The maximum Gasteiger partial charge on any atom is 0.135 e. The molecule has 6 heteroatoms. The fraction of sp³-hybridized carbons (Fsp3) is 0.650. The number of hydrogen-bond donors (Lipinski definition) is 1. The van der Waals surface area contributed by atoms with Crippen LogP contribution >= 0.6 is 11.9 Å². The molecule has 1 amide bonds. The number of amides is 1. The van der Waals surface area contributed by atoms with Crippen LogP contribution in [-0.2, 0) is 6.42 Å². The Morgan fingerprint density at radius 1 is 1.31 bits per heavy atom. The average molecular weight is 380 g/mol. The van der Waals surface area contributed by atoms with Crippen LogP contribution in [0.1, 0.15) is 69.9 Å². The summed E-state index contributed by atoms with van der Waals surface area (Å²) in [6.07, 6.45) is 3.97. The van der Waals surface area contributed by atoms with E-state index < -0.39 is 11.5 Å². The van der Waals surface area contributed by atoms with Gasteiger partial charge in [-0.05, 0) is 44.2 Å². The molecule has 0 saturated carbocycles. The molecular formula is C20H31N2O3S-. The van der Waals surface area contributed by atoms with Crippen LogP contribution in [0, 0.1) is 0 Å². The molecule has 0 radical (unpaired) electrons. The van der Waals surface area contributed by atoms with Gasteiger partial charge in [-0.1, -0.05) is 44.9 Å². The summed E-state index contributed by atoms with van der Waals surface area (Å²) in [5.74, 6) is 0.815. The topological polar surface area (TPSA) is 64.6 Å². The SMILES string of the molecule is CCCCN(CCCC)SC(NC(=O)[O-])c1cccc2c1OC(C)(C)C2. The van der Waals surface area contributed by atoms with Gasteiger partial charge in [-0.3, -0.25) is 0 Å². The van der Waals surface area contributed by atoms with Gasteiger partial charge in [0.1, 0.15) is 22.8 Å². The van der Waals surface area contributed by atoms with E-state index in [9.17, 15) is 9.90 Å². The molecule has 1 aromatic rings. The highest BCUT2D eigenvalue weighted by Gasteiger charge is 2.34. The normalized spacial score (nSPS) is 16.2. The molecule has 2 rings (SSSR count). The van der Waals surface area contributed by atoms with Crippen molar-refractivity contribution in [2.45, 2.75) is 70.8 Å². The number of nitrogens with one attached hydrogen (secondary N) is 1. The van der Waals surface area contributed by atoms with Crippen molar-refractivity contribution in [2.75, 3.05) is 13.1 Å². The summed E-state index contributed by atoms with van der Waals surface area (Å²) in [6.45, 7) is 10.3. The van der Waals surface area contributed by atoms with Gasteiger partial charge in [0.05, 0.1) is 0 Å². The van der Waals surface area contributed by atoms with Gasteiger partial charge in [0.25, 0.3) is 0 Å². The number of nitrogens with zero attached hydrogens (tertiary/aromatic N) is 1. The first kappa shape index (κ1) is 20.9. The Balaban J connectivity index is 2.25. The number of carboxylic acid groups (broad SMARTS) is 1. The van der Waals surface area contributed by atoms with E-state index in [1.54, 1.807) is 0 Å². The van der Waals surface area contributed by atoms with Crippen molar-refractivity contribution in [3.8, 4) is 5.75 Å². The second kappa shape index (κ2) is 9.51. The van der Waals surface area contributed by atoms with Crippen molar-refractivity contribution in [3.05, 3.63) is 29.3 Å². The monoisotopic (exact) mass is 379 g/mol. The smallest absolute Gasteiger partial charge is 0.135 e. The summed E-state index contributed by atoms with van der Waals surface area (Å²) in [5.41, 5.74) is 1.74. The largest absolute Gasteiger partial charge is 0.530 e. The summed E-state index contributed by atoms with van der Waals surface area (Å²) in [4.78, 5) is 11.3. The number of para-hydroxylation sites is 1. The molecule has 0 bridgehead atoms. The van der Waals surface area contributed by atoms with E-state index in [4.69, 9.17) is 4.74 Å². The highest BCUT2D eigenvalue weighted by Crippen LogP contribution is 2.43. The minimum Gasteiger partial charge on any atom is -0.530 e. The van der Waals surface area contributed by atoms with Gasteiger partial charge in [-0.15, -0.1) is 0 Å². The maximum atomic E-state index is 11.3. The highest BCUT2D eigenvalue weighted by atomic mass is 32.2. The van der Waals surface area contributed by atoms with Crippen molar-refractivity contribution in [3.63, 3.8) is 0 Å². The molecule has 0 aromatic heterocycles. The van der Waals surface area contributed by atoms with Crippen LogP contribution in [0.15, 0.2) is 18.2 Å². The molecule has 0 spiro atoms. The number of rotatable bonds is 10. The molecule has 1 aliphatic heterocycles. The van der Waals surface area contributed by atoms with Crippen LogP contribution in [-0.4, -0.2) is 29.1 Å². The lowest BCUT2D eigenvalue weighted by atomic mass is 10.0. The number of carbonyl (C=O) groups excluding carboxylic acids is 1. The lowest BCUT2D eigenvalue weighted by Crippen LogP contribution is -2.39. The van der Waals surface area contributed by atoms with Gasteiger partial charge in [-0.25, -0.2) is 4.31 Å². The van der Waals surface area contributed by atoms with E-state index in [1.807, 2.05) is 12.1 Å². The van der Waals surface area contributed by atoms with Gasteiger partial charge in [0, 0.05) is 25.1 Å². The number of unbranched alkanes of at least 4 members (excludes halogenated alkanes) is 2. The Kier molecular flexibility index (Phi) is 7.65. The number of benzene rings is 1.